The second-order valence-electron chi connectivity index (χ2n) is 0.754. The van der Waals surface area contributed by atoms with Gasteiger partial charge in [-0.1, -0.05) is 0 Å². The fourth-order valence-corrected chi connectivity index (χ4v) is 1.19. The number of hydrogen-bond acceptors (Lipinski definition) is 2. The van der Waals surface area contributed by atoms with Gasteiger partial charge in [-0.2, -0.15) is 0 Å². The standard InChI is InChI=1S/C3H3OPS/c1-2-4-6-5-3-1/h1-3H. The van der Waals surface area contributed by atoms with E-state index in [1.807, 2.05) is 11.9 Å². The third-order valence-corrected chi connectivity index (χ3v) is 1.83. The van der Waals surface area contributed by atoms with Gasteiger partial charge in [0.1, 0.15) is 17.9 Å². The molecule has 1 heterocycles. The van der Waals surface area contributed by atoms with Gasteiger partial charge in [0.15, 0.2) is 0 Å². The molecule has 0 unspecified atom stereocenters. The average Bonchev–Trinajstić information content (AvgIpc) is 1.72. The van der Waals surface area contributed by atoms with Gasteiger partial charge in [0.25, 0.3) is 0 Å². The highest BCUT2D eigenvalue weighted by Crippen LogP contribution is 2.22. The van der Waals surface area contributed by atoms with Crippen LogP contribution in [-0.4, -0.2) is 5.80 Å². The third kappa shape index (κ3) is 1.04. The highest BCUT2D eigenvalue weighted by Gasteiger charge is 1.78. The molecule has 0 atom stereocenters. The monoisotopic (exact) mass is 118 g/mol. The van der Waals surface area contributed by atoms with Crippen molar-refractivity contribution in [3.63, 3.8) is 0 Å². The lowest BCUT2D eigenvalue weighted by molar-refractivity contribution is 0.575. The van der Waals surface area contributed by atoms with Gasteiger partial charge >= 0.3 is 0 Å². The molecule has 3 heteroatoms. The molecule has 0 aliphatic carbocycles. The summed E-state index contributed by atoms with van der Waals surface area (Å²) in [4.78, 5) is 0. The van der Waals surface area contributed by atoms with Crippen LogP contribution in [0.5, 0.6) is 0 Å². The second-order valence-corrected chi connectivity index (χ2v) is 2.68. The summed E-state index contributed by atoms with van der Waals surface area (Å²) < 4.78 is 4.76. The molecule has 0 N–H and O–H groups in total. The Hall–Kier alpha value is 0.0600. The molecule has 1 nitrogen and oxygen atoms in total. The van der Waals surface area contributed by atoms with E-state index in [0.29, 0.717) is 0 Å². The molecular weight excluding hydrogens is 115 g/mol. The second kappa shape index (κ2) is 2.27. The van der Waals surface area contributed by atoms with Gasteiger partial charge in [-0.05, 0) is 11.9 Å². The summed E-state index contributed by atoms with van der Waals surface area (Å²) in [5, 5.41) is 0. The van der Waals surface area contributed by atoms with Crippen molar-refractivity contribution in [1.29, 1.82) is 0 Å². The maximum Gasteiger partial charge on any atom is 0.114 e. The maximum absolute atomic E-state index is 4.76. The van der Waals surface area contributed by atoms with Gasteiger partial charge in [0.2, 0.25) is 0 Å². The average molecular weight is 118 g/mol. The Morgan fingerprint density at radius 3 is 2.83 bits per heavy atom. The van der Waals surface area contributed by atoms with E-state index in [2.05, 4.69) is 0 Å². The zero-order valence-corrected chi connectivity index (χ0v) is 4.71. The highest BCUT2D eigenvalue weighted by molar-refractivity contribution is 8.46. The van der Waals surface area contributed by atoms with E-state index in [1.165, 1.54) is 19.1 Å². The molecule has 0 saturated carbocycles. The fourth-order valence-electron chi connectivity index (χ4n) is 0.177. The van der Waals surface area contributed by atoms with Gasteiger partial charge in [-0.3, -0.25) is 0 Å². The zero-order chi connectivity index (χ0) is 4.24. The van der Waals surface area contributed by atoms with Crippen molar-refractivity contribution in [2.75, 3.05) is 0 Å². The van der Waals surface area contributed by atoms with Crippen LogP contribution in [0.2, 0.25) is 0 Å². The Labute approximate surface area is 42.1 Å². The van der Waals surface area contributed by atoms with Crippen molar-refractivity contribution >= 4 is 24.9 Å². The third-order valence-electron chi connectivity index (χ3n) is 0.367. The lowest BCUT2D eigenvalue weighted by atomic mass is 10.7. The van der Waals surface area contributed by atoms with Crippen LogP contribution in [0.15, 0.2) is 12.3 Å². The van der Waals surface area contributed by atoms with Crippen molar-refractivity contribution < 1.29 is 4.18 Å². The summed E-state index contributed by atoms with van der Waals surface area (Å²) in [7, 11) is 1.18. The molecule has 0 amide bonds. The molecule has 0 radical (unpaired) electrons. The SMILES string of the molecule is C1=COSP=C1. The number of hydrogen-bond donors (Lipinski definition) is 0. The number of rotatable bonds is 0. The van der Waals surface area contributed by atoms with E-state index in [0.717, 1.165) is 0 Å². The van der Waals surface area contributed by atoms with E-state index in [9.17, 15) is 0 Å². The van der Waals surface area contributed by atoms with Crippen molar-refractivity contribution in [1.82, 2.24) is 0 Å². The van der Waals surface area contributed by atoms with Crippen LogP contribution in [0, 0.1) is 0 Å². The van der Waals surface area contributed by atoms with Crippen molar-refractivity contribution in [2.24, 2.45) is 0 Å². The zero-order valence-electron chi connectivity index (χ0n) is 3.00. The predicted molar refractivity (Wildman–Crippen MR) is 30.8 cm³/mol. The Balaban J connectivity index is 2.46. The molecule has 32 valence electrons. The highest BCUT2D eigenvalue weighted by atomic mass is 32.7. The Morgan fingerprint density at radius 1 is 1.67 bits per heavy atom. The number of allylic oxidation sites excluding steroid dienone is 1. The molecule has 1 rings (SSSR count). The smallest absolute Gasteiger partial charge is 0.114 e. The van der Waals surface area contributed by atoms with Crippen molar-refractivity contribution in [3.05, 3.63) is 12.3 Å². The molecule has 0 aromatic rings. The van der Waals surface area contributed by atoms with E-state index in [1.54, 1.807) is 6.26 Å². The minimum atomic E-state index is 1.18. The van der Waals surface area contributed by atoms with E-state index in [-0.39, 0.29) is 0 Å². The first kappa shape index (κ1) is 4.23. The van der Waals surface area contributed by atoms with Crippen LogP contribution in [0.1, 0.15) is 0 Å². The molecule has 0 bridgehead atoms. The molecular formula is C3H3OPS. The Morgan fingerprint density at radius 2 is 2.67 bits per heavy atom. The lowest BCUT2D eigenvalue weighted by Gasteiger charge is -1.90. The van der Waals surface area contributed by atoms with Crippen LogP contribution in [0.25, 0.3) is 0 Å². The van der Waals surface area contributed by atoms with Gasteiger partial charge in [0, 0.05) is 7.41 Å². The molecule has 1 aliphatic heterocycles. The Bertz CT molecular complexity index is 76.8. The van der Waals surface area contributed by atoms with Crippen molar-refractivity contribution in [2.45, 2.75) is 0 Å². The van der Waals surface area contributed by atoms with Crippen molar-refractivity contribution in [3.8, 4) is 0 Å². The van der Waals surface area contributed by atoms with Crippen LogP contribution >= 0.6 is 19.1 Å². The molecule has 0 aromatic heterocycles. The van der Waals surface area contributed by atoms with Crippen LogP contribution in [0.4, 0.5) is 0 Å². The largest absolute Gasteiger partial charge is 0.424 e. The first-order chi connectivity index (χ1) is 3.00. The van der Waals surface area contributed by atoms with Crippen LogP contribution in [-0.2, 0) is 4.18 Å². The summed E-state index contributed by atoms with van der Waals surface area (Å²) in [6.07, 6.45) is 3.55. The molecule has 1 aliphatic rings. The van der Waals surface area contributed by atoms with Gasteiger partial charge in [0.05, 0.1) is 0 Å². The van der Waals surface area contributed by atoms with Gasteiger partial charge in [-0.15, -0.1) is 0 Å². The van der Waals surface area contributed by atoms with E-state index in [4.69, 9.17) is 4.18 Å². The summed E-state index contributed by atoms with van der Waals surface area (Å²) in [5.74, 6) is 2.02. The topological polar surface area (TPSA) is 9.23 Å². The first-order valence-corrected chi connectivity index (χ1v) is 3.82. The van der Waals surface area contributed by atoms with Crippen LogP contribution in [0.3, 0.4) is 0 Å². The normalized spacial score (nSPS) is 20.0. The minimum absolute atomic E-state index is 1.18. The van der Waals surface area contributed by atoms with Gasteiger partial charge < -0.3 is 4.18 Å². The predicted octanol–water partition coefficient (Wildman–Crippen LogP) is 1.84. The maximum atomic E-state index is 4.76. The molecule has 0 fully saturated rings. The fraction of sp³-hybridized carbons (Fsp3) is 0. The van der Waals surface area contributed by atoms with Crippen LogP contribution < -0.4 is 0 Å². The molecule has 0 aromatic carbocycles. The van der Waals surface area contributed by atoms with E-state index >= 15 is 0 Å². The Kier molecular flexibility index (Phi) is 1.60. The lowest BCUT2D eigenvalue weighted by Crippen LogP contribution is -1.63. The summed E-state index contributed by atoms with van der Waals surface area (Å²) in [5.41, 5.74) is 0. The minimum Gasteiger partial charge on any atom is -0.424 e. The molecule has 0 saturated heterocycles. The summed E-state index contributed by atoms with van der Waals surface area (Å²) in [6.45, 7) is 0. The van der Waals surface area contributed by atoms with E-state index < -0.39 is 0 Å². The quantitative estimate of drug-likeness (QED) is 0.354. The molecule has 6 heavy (non-hydrogen) atoms. The van der Waals surface area contributed by atoms with Gasteiger partial charge in [-0.25, -0.2) is 0 Å². The molecule has 0 spiro atoms. The summed E-state index contributed by atoms with van der Waals surface area (Å²) in [6, 6.07) is 0. The summed E-state index contributed by atoms with van der Waals surface area (Å²) >= 11 is 1.42. The first-order valence-electron chi connectivity index (χ1n) is 1.51.